The first-order chi connectivity index (χ1) is 17.5. The lowest BCUT2D eigenvalue weighted by molar-refractivity contribution is 0.0370. The summed E-state index contributed by atoms with van der Waals surface area (Å²) >= 11 is 3.38. The summed E-state index contributed by atoms with van der Waals surface area (Å²) < 4.78 is 13.1. The van der Waals surface area contributed by atoms with Gasteiger partial charge in [0.1, 0.15) is 11.4 Å². The van der Waals surface area contributed by atoms with Gasteiger partial charge in [-0.1, -0.05) is 12.8 Å². The molecule has 0 bridgehead atoms. The number of esters is 1. The molecule has 3 aromatic heterocycles. The van der Waals surface area contributed by atoms with Crippen LogP contribution < -0.4 is 5.56 Å². The van der Waals surface area contributed by atoms with Crippen LogP contribution in [-0.2, 0) is 9.47 Å². The number of ketones is 2. The third kappa shape index (κ3) is 4.68. The van der Waals surface area contributed by atoms with Crippen LogP contribution in [0.1, 0.15) is 68.1 Å². The number of aromatic amines is 1. The van der Waals surface area contributed by atoms with Crippen molar-refractivity contribution in [3.8, 4) is 0 Å². The van der Waals surface area contributed by atoms with Crippen molar-refractivity contribution in [3.63, 3.8) is 0 Å². The number of pyridine rings is 2. The number of unbranched alkanes of at least 4 members (excludes halogenated alkanes) is 3. The van der Waals surface area contributed by atoms with Crippen molar-refractivity contribution in [2.24, 2.45) is 0 Å². The summed E-state index contributed by atoms with van der Waals surface area (Å²) in [5.41, 5.74) is 0.0298. The lowest BCUT2D eigenvalue weighted by Crippen LogP contribution is -2.36. The lowest BCUT2D eigenvalue weighted by Gasteiger charge is -2.26. The molecule has 0 spiro atoms. The average Bonchev–Trinajstić information content (AvgIpc) is 3.22. The summed E-state index contributed by atoms with van der Waals surface area (Å²) in [6.45, 7) is 4.82. The van der Waals surface area contributed by atoms with Crippen LogP contribution in [0.2, 0.25) is 0 Å². The summed E-state index contributed by atoms with van der Waals surface area (Å²) in [5.74, 6) is -1.66. The van der Waals surface area contributed by atoms with Gasteiger partial charge in [0, 0.05) is 29.8 Å². The molecule has 10 heteroatoms. The van der Waals surface area contributed by atoms with Gasteiger partial charge in [-0.25, -0.2) is 4.79 Å². The van der Waals surface area contributed by atoms with Gasteiger partial charge in [-0.05, 0) is 53.5 Å². The Labute approximate surface area is 215 Å². The van der Waals surface area contributed by atoms with Crippen molar-refractivity contribution < 1.29 is 23.9 Å². The van der Waals surface area contributed by atoms with Crippen LogP contribution in [0.4, 0.5) is 0 Å². The number of halogens is 1. The first-order valence-corrected chi connectivity index (χ1v) is 12.9. The predicted molar refractivity (Wildman–Crippen MR) is 135 cm³/mol. The molecular weight excluding hydrogens is 530 g/mol. The molecule has 0 unspecified atom stereocenters. The van der Waals surface area contributed by atoms with E-state index in [1.54, 1.807) is 18.3 Å². The SMILES string of the molecule is O=C1c2ccc(=O)[nH]c2C(=O)c2c1c(C(=O)OCCCCCCN1CCOCC1)c1ccc(Br)cn21. The first-order valence-electron chi connectivity index (χ1n) is 12.1. The van der Waals surface area contributed by atoms with Crippen LogP contribution >= 0.6 is 15.9 Å². The number of nitrogens with zero attached hydrogens (tertiary/aromatic N) is 2. The van der Waals surface area contributed by atoms with Gasteiger partial charge < -0.3 is 18.9 Å². The summed E-state index contributed by atoms with van der Waals surface area (Å²) in [7, 11) is 0. The third-order valence-corrected chi connectivity index (χ3v) is 7.11. The number of carbonyl (C=O) groups is 3. The molecule has 36 heavy (non-hydrogen) atoms. The molecule has 4 heterocycles. The van der Waals surface area contributed by atoms with Gasteiger partial charge >= 0.3 is 5.97 Å². The molecule has 188 valence electrons. The molecule has 1 N–H and O–H groups in total. The number of H-pyrrole nitrogens is 1. The molecule has 0 atom stereocenters. The van der Waals surface area contributed by atoms with Crippen LogP contribution in [-0.4, -0.2) is 71.3 Å². The number of aromatic nitrogens is 2. The van der Waals surface area contributed by atoms with Crippen molar-refractivity contribution in [3.05, 3.63) is 73.4 Å². The Morgan fingerprint density at radius 3 is 2.58 bits per heavy atom. The van der Waals surface area contributed by atoms with E-state index in [9.17, 15) is 19.2 Å². The van der Waals surface area contributed by atoms with Gasteiger partial charge in [-0.2, -0.15) is 0 Å². The fourth-order valence-electron chi connectivity index (χ4n) is 4.83. The van der Waals surface area contributed by atoms with Crippen LogP contribution in [0.3, 0.4) is 0 Å². The van der Waals surface area contributed by atoms with Crippen molar-refractivity contribution in [2.75, 3.05) is 39.5 Å². The van der Waals surface area contributed by atoms with E-state index >= 15 is 0 Å². The average molecular weight is 556 g/mol. The second-order valence-corrected chi connectivity index (χ2v) is 9.89. The van der Waals surface area contributed by atoms with E-state index < -0.39 is 23.1 Å². The Balaban J connectivity index is 1.31. The number of hydrogen-bond donors (Lipinski definition) is 1. The highest BCUT2D eigenvalue weighted by atomic mass is 79.9. The third-order valence-electron chi connectivity index (χ3n) is 6.64. The van der Waals surface area contributed by atoms with E-state index in [-0.39, 0.29) is 34.7 Å². The Hall–Kier alpha value is -3.08. The molecule has 0 amide bonds. The van der Waals surface area contributed by atoms with E-state index in [2.05, 4.69) is 25.8 Å². The van der Waals surface area contributed by atoms with Gasteiger partial charge in [0.05, 0.1) is 42.0 Å². The van der Waals surface area contributed by atoms with Crippen LogP contribution in [0, 0.1) is 0 Å². The molecule has 1 aliphatic heterocycles. The zero-order chi connectivity index (χ0) is 25.2. The Morgan fingerprint density at radius 1 is 1.00 bits per heavy atom. The second kappa shape index (κ2) is 10.5. The number of fused-ring (bicyclic) bond motifs is 4. The Morgan fingerprint density at radius 2 is 1.78 bits per heavy atom. The number of carbonyl (C=O) groups excluding carboxylic acids is 3. The van der Waals surface area contributed by atoms with Crippen molar-refractivity contribution in [1.29, 1.82) is 0 Å². The lowest BCUT2D eigenvalue weighted by atomic mass is 9.89. The molecule has 9 nitrogen and oxygen atoms in total. The highest BCUT2D eigenvalue weighted by molar-refractivity contribution is 9.10. The molecule has 1 fully saturated rings. The van der Waals surface area contributed by atoms with E-state index in [1.165, 1.54) is 16.5 Å². The highest BCUT2D eigenvalue weighted by Crippen LogP contribution is 2.34. The molecule has 0 radical (unpaired) electrons. The normalized spacial score (nSPS) is 15.7. The standard InChI is InChI=1S/C26H26BrN3O6/c27-16-5-7-18-20(26(34)36-12-4-2-1-3-9-29-10-13-35-14-11-29)21-23(30(18)15-16)25(33)22-17(24(21)32)6-8-19(31)28-22/h5-8,15H,1-4,9-14H2,(H,28,31). The van der Waals surface area contributed by atoms with E-state index in [1.807, 2.05) is 0 Å². The predicted octanol–water partition coefficient (Wildman–Crippen LogP) is 3.21. The minimum Gasteiger partial charge on any atom is -0.462 e. The molecule has 3 aromatic rings. The van der Waals surface area contributed by atoms with Gasteiger partial charge in [-0.3, -0.25) is 19.3 Å². The summed E-state index contributed by atoms with van der Waals surface area (Å²) in [6.07, 6.45) is 5.38. The van der Waals surface area contributed by atoms with Crippen molar-refractivity contribution in [1.82, 2.24) is 14.3 Å². The maximum absolute atomic E-state index is 13.4. The highest BCUT2D eigenvalue weighted by Gasteiger charge is 2.39. The maximum Gasteiger partial charge on any atom is 0.341 e. The van der Waals surface area contributed by atoms with Crippen LogP contribution in [0.15, 0.2) is 39.7 Å². The fraction of sp³-hybridized carbons (Fsp3) is 0.385. The number of ether oxygens (including phenoxy) is 2. The molecule has 1 saturated heterocycles. The minimum absolute atomic E-state index is 0.00756. The topological polar surface area (TPSA) is 110 Å². The first kappa shape index (κ1) is 24.6. The van der Waals surface area contributed by atoms with Crippen LogP contribution in [0.5, 0.6) is 0 Å². The summed E-state index contributed by atoms with van der Waals surface area (Å²) in [6, 6.07) is 5.91. The van der Waals surface area contributed by atoms with Crippen molar-refractivity contribution >= 4 is 39.0 Å². The van der Waals surface area contributed by atoms with Gasteiger partial charge in [0.15, 0.2) is 5.78 Å². The van der Waals surface area contributed by atoms with E-state index in [0.29, 0.717) is 16.4 Å². The molecule has 1 aliphatic carbocycles. The van der Waals surface area contributed by atoms with Crippen LogP contribution in [0.25, 0.3) is 5.52 Å². The molecule has 0 saturated carbocycles. The zero-order valence-electron chi connectivity index (χ0n) is 19.7. The quantitative estimate of drug-likeness (QED) is 0.262. The molecular formula is C26H26BrN3O6. The summed E-state index contributed by atoms with van der Waals surface area (Å²) in [5, 5.41) is 0. The Bertz CT molecular complexity index is 1400. The number of rotatable bonds is 8. The second-order valence-electron chi connectivity index (χ2n) is 8.97. The number of nitrogens with one attached hydrogen (secondary N) is 1. The van der Waals surface area contributed by atoms with E-state index in [0.717, 1.165) is 52.1 Å². The molecule has 0 aromatic carbocycles. The minimum atomic E-state index is -0.640. The maximum atomic E-state index is 13.4. The smallest absolute Gasteiger partial charge is 0.341 e. The zero-order valence-corrected chi connectivity index (χ0v) is 21.3. The number of hydrogen-bond acceptors (Lipinski definition) is 7. The van der Waals surface area contributed by atoms with Gasteiger partial charge in [-0.15, -0.1) is 0 Å². The monoisotopic (exact) mass is 555 g/mol. The summed E-state index contributed by atoms with van der Waals surface area (Å²) in [4.78, 5) is 56.6. The number of morpholine rings is 1. The van der Waals surface area contributed by atoms with E-state index in [4.69, 9.17) is 9.47 Å². The Kier molecular flexibility index (Phi) is 7.17. The fourth-order valence-corrected chi connectivity index (χ4v) is 5.17. The largest absolute Gasteiger partial charge is 0.462 e. The van der Waals surface area contributed by atoms with Gasteiger partial charge in [0.25, 0.3) is 0 Å². The van der Waals surface area contributed by atoms with Gasteiger partial charge in [0.2, 0.25) is 11.3 Å². The van der Waals surface area contributed by atoms with Crippen molar-refractivity contribution in [2.45, 2.75) is 25.7 Å². The molecule has 5 rings (SSSR count). The molecule has 2 aliphatic rings.